The first-order valence-corrected chi connectivity index (χ1v) is 8.36. The molecule has 0 bridgehead atoms. The molecule has 2 aromatic carbocycles. The van der Waals surface area contributed by atoms with Gasteiger partial charge in [0.05, 0.1) is 12.4 Å². The molecule has 5 nitrogen and oxygen atoms in total. The highest BCUT2D eigenvalue weighted by atomic mass is 19.1. The highest BCUT2D eigenvalue weighted by Crippen LogP contribution is 2.16. The molecule has 132 valence electrons. The van der Waals surface area contributed by atoms with Gasteiger partial charge in [0, 0.05) is 17.8 Å². The Bertz CT molecular complexity index is 896. The topological polar surface area (TPSA) is 66.9 Å². The van der Waals surface area contributed by atoms with E-state index in [1.54, 1.807) is 18.2 Å². The molecule has 26 heavy (non-hydrogen) atoms. The SMILES string of the molecule is CCc1ccccc1NC(=O)c1cnc(NCc2ccccc2F)cn1. The summed E-state index contributed by atoms with van der Waals surface area (Å²) in [6.45, 7) is 2.32. The number of halogens is 1. The summed E-state index contributed by atoms with van der Waals surface area (Å²) in [5.41, 5.74) is 2.57. The molecule has 6 heteroatoms. The average molecular weight is 350 g/mol. The summed E-state index contributed by atoms with van der Waals surface area (Å²) >= 11 is 0. The quantitative estimate of drug-likeness (QED) is 0.704. The third-order valence-corrected chi connectivity index (χ3v) is 3.95. The third kappa shape index (κ3) is 4.22. The molecule has 0 aliphatic rings. The number of anilines is 2. The normalized spacial score (nSPS) is 10.4. The Kier molecular flexibility index (Phi) is 5.53. The largest absolute Gasteiger partial charge is 0.365 e. The Morgan fingerprint density at radius 2 is 1.73 bits per heavy atom. The molecule has 0 fully saturated rings. The number of aryl methyl sites for hydroxylation is 1. The van der Waals surface area contributed by atoms with Crippen molar-refractivity contribution in [3.8, 4) is 0 Å². The van der Waals surface area contributed by atoms with E-state index in [1.807, 2.05) is 31.2 Å². The number of carbonyl (C=O) groups excluding carboxylic acids is 1. The van der Waals surface area contributed by atoms with E-state index >= 15 is 0 Å². The van der Waals surface area contributed by atoms with Crippen molar-refractivity contribution in [1.29, 1.82) is 0 Å². The summed E-state index contributed by atoms with van der Waals surface area (Å²) in [7, 11) is 0. The lowest BCUT2D eigenvalue weighted by molar-refractivity contribution is 0.102. The molecule has 0 saturated carbocycles. The van der Waals surface area contributed by atoms with Gasteiger partial charge in [0.1, 0.15) is 17.3 Å². The third-order valence-electron chi connectivity index (χ3n) is 3.95. The summed E-state index contributed by atoms with van der Waals surface area (Å²) in [5.74, 6) is -0.128. The first-order chi connectivity index (χ1) is 12.7. The fourth-order valence-corrected chi connectivity index (χ4v) is 2.50. The monoisotopic (exact) mass is 350 g/mol. The van der Waals surface area contributed by atoms with Crippen LogP contribution in [0.3, 0.4) is 0 Å². The highest BCUT2D eigenvalue weighted by Gasteiger charge is 2.10. The number of para-hydroxylation sites is 1. The summed E-state index contributed by atoms with van der Waals surface area (Å²) < 4.78 is 13.6. The number of hydrogen-bond donors (Lipinski definition) is 2. The Morgan fingerprint density at radius 1 is 1.00 bits per heavy atom. The van der Waals surface area contributed by atoms with Crippen LogP contribution >= 0.6 is 0 Å². The zero-order chi connectivity index (χ0) is 18.4. The van der Waals surface area contributed by atoms with Crippen LogP contribution in [0.4, 0.5) is 15.9 Å². The highest BCUT2D eigenvalue weighted by molar-refractivity contribution is 6.03. The van der Waals surface area contributed by atoms with Crippen molar-refractivity contribution in [1.82, 2.24) is 9.97 Å². The van der Waals surface area contributed by atoms with E-state index in [1.165, 1.54) is 18.5 Å². The van der Waals surface area contributed by atoms with Gasteiger partial charge < -0.3 is 10.6 Å². The predicted molar refractivity (Wildman–Crippen MR) is 99.5 cm³/mol. The van der Waals surface area contributed by atoms with E-state index in [0.717, 1.165) is 17.7 Å². The van der Waals surface area contributed by atoms with Gasteiger partial charge in [0.2, 0.25) is 0 Å². The number of benzene rings is 2. The summed E-state index contributed by atoms with van der Waals surface area (Å²) in [5, 5.41) is 5.84. The minimum Gasteiger partial charge on any atom is -0.365 e. The van der Waals surface area contributed by atoms with E-state index in [0.29, 0.717) is 11.4 Å². The van der Waals surface area contributed by atoms with E-state index in [-0.39, 0.29) is 24.0 Å². The van der Waals surface area contributed by atoms with E-state index in [9.17, 15) is 9.18 Å². The van der Waals surface area contributed by atoms with Crippen LogP contribution in [-0.4, -0.2) is 15.9 Å². The van der Waals surface area contributed by atoms with E-state index in [4.69, 9.17) is 0 Å². The van der Waals surface area contributed by atoms with Crippen molar-refractivity contribution in [2.24, 2.45) is 0 Å². The van der Waals surface area contributed by atoms with Crippen molar-refractivity contribution in [3.05, 3.63) is 83.6 Å². The van der Waals surface area contributed by atoms with Crippen molar-refractivity contribution in [3.63, 3.8) is 0 Å². The van der Waals surface area contributed by atoms with Crippen molar-refractivity contribution in [2.45, 2.75) is 19.9 Å². The van der Waals surface area contributed by atoms with Gasteiger partial charge in [-0.25, -0.2) is 14.4 Å². The molecule has 0 atom stereocenters. The number of rotatable bonds is 6. The van der Waals surface area contributed by atoms with Gasteiger partial charge in [-0.2, -0.15) is 0 Å². The molecule has 3 aromatic rings. The van der Waals surface area contributed by atoms with Crippen molar-refractivity contribution >= 4 is 17.4 Å². The number of amides is 1. The van der Waals surface area contributed by atoms with Crippen molar-refractivity contribution < 1.29 is 9.18 Å². The second-order valence-corrected chi connectivity index (χ2v) is 5.70. The van der Waals surface area contributed by atoms with Gasteiger partial charge in [0.15, 0.2) is 0 Å². The molecule has 1 amide bonds. The Hall–Kier alpha value is -3.28. The minimum atomic E-state index is -0.320. The second-order valence-electron chi connectivity index (χ2n) is 5.70. The molecule has 2 N–H and O–H groups in total. The molecule has 0 unspecified atom stereocenters. The molecule has 3 rings (SSSR count). The van der Waals surface area contributed by atoms with Crippen molar-refractivity contribution in [2.75, 3.05) is 10.6 Å². The number of nitrogens with zero attached hydrogens (tertiary/aromatic N) is 2. The minimum absolute atomic E-state index is 0.215. The summed E-state index contributed by atoms with van der Waals surface area (Å²) in [6.07, 6.45) is 3.68. The standard InChI is InChI=1S/C20H19FN4O/c1-2-14-7-4-6-10-17(14)25-20(26)18-12-24-19(13-22-18)23-11-15-8-3-5-9-16(15)21/h3-10,12-13H,2,11H2,1H3,(H,23,24)(H,25,26). The van der Waals surface area contributed by atoms with Gasteiger partial charge in [0.25, 0.3) is 5.91 Å². The lowest BCUT2D eigenvalue weighted by Crippen LogP contribution is -2.15. The van der Waals surface area contributed by atoms with Crippen LogP contribution in [0.5, 0.6) is 0 Å². The molecule has 1 heterocycles. The molecule has 0 aliphatic heterocycles. The molecule has 0 saturated heterocycles. The van der Waals surface area contributed by atoms with Crippen LogP contribution in [0.15, 0.2) is 60.9 Å². The first-order valence-electron chi connectivity index (χ1n) is 8.36. The van der Waals surface area contributed by atoms with Gasteiger partial charge >= 0.3 is 0 Å². The maximum atomic E-state index is 13.6. The molecule has 1 aromatic heterocycles. The first kappa shape index (κ1) is 17.5. The zero-order valence-corrected chi connectivity index (χ0v) is 14.4. The number of carbonyl (C=O) groups is 1. The second kappa shape index (κ2) is 8.20. The maximum Gasteiger partial charge on any atom is 0.275 e. The fraction of sp³-hybridized carbons (Fsp3) is 0.150. The predicted octanol–water partition coefficient (Wildman–Crippen LogP) is 4.04. The molecular formula is C20H19FN4O. The molecule has 0 aliphatic carbocycles. The summed E-state index contributed by atoms with van der Waals surface area (Å²) in [4.78, 5) is 20.6. The lowest BCUT2D eigenvalue weighted by atomic mass is 10.1. The zero-order valence-electron chi connectivity index (χ0n) is 14.4. The van der Waals surface area contributed by atoms with Gasteiger partial charge in [-0.15, -0.1) is 0 Å². The van der Waals surface area contributed by atoms with E-state index in [2.05, 4.69) is 20.6 Å². The Labute approximate surface area is 151 Å². The van der Waals surface area contributed by atoms with Gasteiger partial charge in [-0.05, 0) is 24.1 Å². The van der Waals surface area contributed by atoms with Crippen LogP contribution in [-0.2, 0) is 13.0 Å². The van der Waals surface area contributed by atoms with Crippen LogP contribution in [0.2, 0.25) is 0 Å². The smallest absolute Gasteiger partial charge is 0.275 e. The van der Waals surface area contributed by atoms with Gasteiger partial charge in [-0.3, -0.25) is 4.79 Å². The number of nitrogens with one attached hydrogen (secondary N) is 2. The lowest BCUT2D eigenvalue weighted by Gasteiger charge is -2.10. The fourth-order valence-electron chi connectivity index (χ4n) is 2.50. The van der Waals surface area contributed by atoms with Crippen LogP contribution in [0.25, 0.3) is 0 Å². The maximum absolute atomic E-state index is 13.6. The average Bonchev–Trinajstić information content (AvgIpc) is 2.68. The Balaban J connectivity index is 1.63. The Morgan fingerprint density at radius 3 is 2.42 bits per heavy atom. The number of aromatic nitrogens is 2. The summed E-state index contributed by atoms with van der Waals surface area (Å²) in [6, 6.07) is 14.1. The molecular weight excluding hydrogens is 331 g/mol. The van der Waals surface area contributed by atoms with Crippen LogP contribution in [0.1, 0.15) is 28.5 Å². The van der Waals surface area contributed by atoms with Crippen LogP contribution < -0.4 is 10.6 Å². The molecule has 0 spiro atoms. The van der Waals surface area contributed by atoms with E-state index < -0.39 is 0 Å². The van der Waals surface area contributed by atoms with Crippen LogP contribution in [0, 0.1) is 5.82 Å². The molecule has 0 radical (unpaired) electrons. The van der Waals surface area contributed by atoms with Gasteiger partial charge in [-0.1, -0.05) is 43.3 Å². The number of hydrogen-bond acceptors (Lipinski definition) is 4.